The zero-order chi connectivity index (χ0) is 29.2. The summed E-state index contributed by atoms with van der Waals surface area (Å²) in [6.07, 6.45) is 11.0. The van der Waals surface area contributed by atoms with E-state index in [1.165, 1.54) is 11.1 Å². The maximum absolute atomic E-state index is 14.0. The van der Waals surface area contributed by atoms with E-state index in [0.29, 0.717) is 18.8 Å². The SMILES string of the molecule is C=CCCC(=C)C(=C)C(CCC=C)CC(=O)C(CC(=O)C(N)C1Cc2ccccc2C1)C[C@@H](CC)C(C)(C)C. The van der Waals surface area contributed by atoms with Gasteiger partial charge in [0.25, 0.3) is 0 Å². The van der Waals surface area contributed by atoms with Crippen molar-refractivity contribution in [2.45, 2.75) is 97.9 Å². The molecule has 0 bridgehead atoms. The van der Waals surface area contributed by atoms with Crippen LogP contribution in [0.2, 0.25) is 0 Å². The van der Waals surface area contributed by atoms with Gasteiger partial charge in [0.2, 0.25) is 0 Å². The van der Waals surface area contributed by atoms with Gasteiger partial charge in [-0.3, -0.25) is 9.59 Å². The maximum Gasteiger partial charge on any atom is 0.150 e. The number of carbonyl (C=O) groups is 2. The van der Waals surface area contributed by atoms with E-state index in [-0.39, 0.29) is 41.2 Å². The summed E-state index contributed by atoms with van der Waals surface area (Å²) in [5, 5.41) is 0. The van der Waals surface area contributed by atoms with Gasteiger partial charge in [-0.1, -0.05) is 89.3 Å². The van der Waals surface area contributed by atoms with Crippen LogP contribution in [0.25, 0.3) is 0 Å². The third-order valence-electron chi connectivity index (χ3n) is 8.92. The fourth-order valence-electron chi connectivity index (χ4n) is 6.15. The van der Waals surface area contributed by atoms with Crippen LogP contribution >= 0.6 is 0 Å². The summed E-state index contributed by atoms with van der Waals surface area (Å²) < 4.78 is 0. The van der Waals surface area contributed by atoms with E-state index in [2.05, 4.69) is 66.1 Å². The van der Waals surface area contributed by atoms with Crippen LogP contribution < -0.4 is 5.73 Å². The molecule has 1 aliphatic rings. The number of nitrogens with two attached hydrogens (primary N) is 1. The van der Waals surface area contributed by atoms with Crippen molar-refractivity contribution in [1.82, 2.24) is 0 Å². The van der Waals surface area contributed by atoms with Crippen molar-refractivity contribution < 1.29 is 9.59 Å². The van der Waals surface area contributed by atoms with E-state index >= 15 is 0 Å². The second kappa shape index (κ2) is 15.3. The van der Waals surface area contributed by atoms with Gasteiger partial charge in [0, 0.05) is 18.8 Å². The molecular weight excluding hydrogens is 478 g/mol. The normalized spacial score (nSPS) is 16.5. The highest BCUT2D eigenvalue weighted by Gasteiger charge is 2.36. The van der Waals surface area contributed by atoms with Crippen LogP contribution in [0.15, 0.2) is 73.9 Å². The molecule has 2 N–H and O–H groups in total. The summed E-state index contributed by atoms with van der Waals surface area (Å²) in [4.78, 5) is 27.6. The van der Waals surface area contributed by atoms with Crippen LogP contribution in [-0.2, 0) is 22.4 Å². The molecule has 3 unspecified atom stereocenters. The molecule has 1 aliphatic carbocycles. The van der Waals surface area contributed by atoms with Crippen molar-refractivity contribution in [3.63, 3.8) is 0 Å². The Morgan fingerprint density at radius 2 is 1.54 bits per heavy atom. The first-order valence-electron chi connectivity index (χ1n) is 14.9. The number of rotatable bonds is 18. The van der Waals surface area contributed by atoms with Gasteiger partial charge in [0.1, 0.15) is 5.78 Å². The Morgan fingerprint density at radius 1 is 0.974 bits per heavy atom. The number of fused-ring (bicyclic) bond motifs is 1. The molecule has 1 aromatic rings. The Balaban J connectivity index is 2.22. The lowest BCUT2D eigenvalue weighted by molar-refractivity contribution is -0.130. The van der Waals surface area contributed by atoms with Crippen LogP contribution in [0.3, 0.4) is 0 Å². The quantitative estimate of drug-likeness (QED) is 0.153. The van der Waals surface area contributed by atoms with E-state index in [1.807, 2.05) is 24.3 Å². The van der Waals surface area contributed by atoms with Crippen molar-refractivity contribution in [3.8, 4) is 0 Å². The van der Waals surface area contributed by atoms with Crippen molar-refractivity contribution >= 4 is 11.6 Å². The first-order valence-corrected chi connectivity index (χ1v) is 14.9. The lowest BCUT2D eigenvalue weighted by Gasteiger charge is -2.33. The van der Waals surface area contributed by atoms with E-state index in [1.54, 1.807) is 0 Å². The number of benzene rings is 1. The van der Waals surface area contributed by atoms with Crippen LogP contribution in [0.1, 0.15) is 90.2 Å². The largest absolute Gasteiger partial charge is 0.321 e. The molecule has 0 spiro atoms. The summed E-state index contributed by atoms with van der Waals surface area (Å²) in [7, 11) is 0. The molecule has 3 nitrogen and oxygen atoms in total. The number of allylic oxidation sites excluding steroid dienone is 4. The highest BCUT2D eigenvalue weighted by Crippen LogP contribution is 2.37. The average molecular weight is 532 g/mol. The highest BCUT2D eigenvalue weighted by molar-refractivity contribution is 5.91. The molecule has 0 aliphatic heterocycles. The Kier molecular flexibility index (Phi) is 12.8. The van der Waals surface area contributed by atoms with E-state index in [0.717, 1.165) is 56.1 Å². The maximum atomic E-state index is 14.0. The van der Waals surface area contributed by atoms with Gasteiger partial charge < -0.3 is 5.73 Å². The lowest BCUT2D eigenvalue weighted by Crippen LogP contribution is -2.41. The van der Waals surface area contributed by atoms with Crippen LogP contribution in [0.4, 0.5) is 0 Å². The van der Waals surface area contributed by atoms with Crippen LogP contribution in [0.5, 0.6) is 0 Å². The van der Waals surface area contributed by atoms with E-state index < -0.39 is 6.04 Å². The molecule has 0 heterocycles. The fourth-order valence-corrected chi connectivity index (χ4v) is 6.15. The zero-order valence-electron chi connectivity index (χ0n) is 25.1. The topological polar surface area (TPSA) is 60.2 Å². The van der Waals surface area contributed by atoms with Gasteiger partial charge in [-0.05, 0) is 84.8 Å². The molecule has 0 aromatic heterocycles. The van der Waals surface area contributed by atoms with E-state index in [4.69, 9.17) is 5.73 Å². The summed E-state index contributed by atoms with van der Waals surface area (Å²) >= 11 is 0. The average Bonchev–Trinajstić information content (AvgIpc) is 3.34. The molecule has 0 fully saturated rings. The Morgan fingerprint density at radius 3 is 2.05 bits per heavy atom. The third-order valence-corrected chi connectivity index (χ3v) is 8.92. The number of carbonyl (C=O) groups excluding carboxylic acids is 2. The molecule has 2 rings (SSSR count). The lowest BCUT2D eigenvalue weighted by atomic mass is 9.71. The highest BCUT2D eigenvalue weighted by atomic mass is 16.1. The monoisotopic (exact) mass is 531 g/mol. The van der Waals surface area contributed by atoms with Crippen molar-refractivity contribution in [3.05, 3.63) is 85.0 Å². The zero-order valence-corrected chi connectivity index (χ0v) is 25.1. The molecule has 3 heteroatoms. The predicted octanol–water partition coefficient (Wildman–Crippen LogP) is 8.39. The molecule has 39 heavy (non-hydrogen) atoms. The van der Waals surface area contributed by atoms with Gasteiger partial charge in [0.05, 0.1) is 6.04 Å². The molecule has 0 saturated carbocycles. The molecule has 0 radical (unpaired) electrons. The predicted molar refractivity (Wildman–Crippen MR) is 167 cm³/mol. The molecule has 214 valence electrons. The third kappa shape index (κ3) is 9.57. The molecule has 0 saturated heterocycles. The van der Waals surface area contributed by atoms with Gasteiger partial charge in [-0.15, -0.1) is 13.2 Å². The van der Waals surface area contributed by atoms with E-state index in [9.17, 15) is 9.59 Å². The van der Waals surface area contributed by atoms with Crippen molar-refractivity contribution in [2.75, 3.05) is 0 Å². The summed E-state index contributed by atoms with van der Waals surface area (Å²) in [6.45, 7) is 25.1. The second-order valence-electron chi connectivity index (χ2n) is 12.7. The van der Waals surface area contributed by atoms with Gasteiger partial charge in [0.15, 0.2) is 5.78 Å². The number of hydrogen-bond acceptors (Lipinski definition) is 3. The Labute approximate surface area is 238 Å². The molecule has 1 aromatic carbocycles. The molecule has 4 atom stereocenters. The van der Waals surface area contributed by atoms with Gasteiger partial charge >= 0.3 is 0 Å². The number of Topliss-reactive ketones (excluding diaryl/α,β-unsaturated/α-hetero) is 2. The minimum atomic E-state index is -0.548. The first kappa shape index (κ1) is 32.7. The minimum Gasteiger partial charge on any atom is -0.321 e. The van der Waals surface area contributed by atoms with Gasteiger partial charge in [-0.25, -0.2) is 0 Å². The minimum absolute atomic E-state index is 0.00173. The Bertz CT molecular complexity index is 1000. The summed E-state index contributed by atoms with van der Waals surface area (Å²) in [5.74, 6) is 0.272. The summed E-state index contributed by atoms with van der Waals surface area (Å²) in [5.41, 5.74) is 11.2. The Hall–Kier alpha value is -2.52. The van der Waals surface area contributed by atoms with Crippen LogP contribution in [0, 0.1) is 29.1 Å². The second-order valence-corrected chi connectivity index (χ2v) is 12.7. The fraction of sp³-hybridized carbons (Fsp3) is 0.556. The van der Waals surface area contributed by atoms with Crippen LogP contribution in [-0.4, -0.2) is 17.6 Å². The van der Waals surface area contributed by atoms with Crippen molar-refractivity contribution in [2.24, 2.45) is 34.8 Å². The number of ketones is 2. The molecule has 0 amide bonds. The first-order chi connectivity index (χ1) is 18.4. The summed E-state index contributed by atoms with van der Waals surface area (Å²) in [6, 6.07) is 7.81. The molecular formula is C36H53NO2. The smallest absolute Gasteiger partial charge is 0.150 e. The van der Waals surface area contributed by atoms with Gasteiger partial charge in [-0.2, -0.15) is 0 Å². The number of hydrogen-bond donors (Lipinski definition) is 1. The van der Waals surface area contributed by atoms with Crippen molar-refractivity contribution in [1.29, 1.82) is 0 Å². The standard InChI is InChI=1S/C36H53NO2/c1-9-12-16-25(4)26(5)27(17-13-10-2)23-33(38)30(22-32(11-3)36(6,7)8)24-34(39)35(37)31-20-28-18-14-15-19-29(28)21-31/h9-10,14-15,18-19,27,30-32,35H,1-2,4-5,11-13,16-17,20-24,37H2,3,6-8H3/t27?,30?,32-,35?/m1/s1.